The molecule has 7 heteroatoms. The van der Waals surface area contributed by atoms with Gasteiger partial charge in [-0.1, -0.05) is 53.8 Å². The molecule has 1 heterocycles. The lowest BCUT2D eigenvalue weighted by Gasteiger charge is -2.25. The van der Waals surface area contributed by atoms with Gasteiger partial charge in [0.05, 0.1) is 17.8 Å². The second kappa shape index (κ2) is 11.7. The van der Waals surface area contributed by atoms with Crippen molar-refractivity contribution in [3.63, 3.8) is 0 Å². The van der Waals surface area contributed by atoms with Crippen LogP contribution in [0.1, 0.15) is 44.5 Å². The summed E-state index contributed by atoms with van der Waals surface area (Å²) in [5.41, 5.74) is 0.515. The predicted molar refractivity (Wildman–Crippen MR) is 125 cm³/mol. The first-order valence-electron chi connectivity index (χ1n) is 9.83. The fraction of sp³-hybridized carbons (Fsp3) is 0.591. The van der Waals surface area contributed by atoms with Crippen molar-refractivity contribution in [2.24, 2.45) is 5.92 Å². The van der Waals surface area contributed by atoms with Gasteiger partial charge in [-0.25, -0.2) is 4.79 Å². The highest BCUT2D eigenvalue weighted by atomic mass is 127. The van der Waals surface area contributed by atoms with E-state index >= 15 is 0 Å². The van der Waals surface area contributed by atoms with Gasteiger partial charge in [0.1, 0.15) is 12.2 Å². The van der Waals surface area contributed by atoms with Gasteiger partial charge in [0.15, 0.2) is 5.79 Å². The monoisotopic (exact) mass is 534 g/mol. The summed E-state index contributed by atoms with van der Waals surface area (Å²) in [6.45, 7) is 7.88. The Bertz CT molecular complexity index is 666. The van der Waals surface area contributed by atoms with E-state index in [9.17, 15) is 4.79 Å². The molecule has 1 aliphatic heterocycles. The number of carbonyl (C=O) groups is 1. The van der Waals surface area contributed by atoms with Gasteiger partial charge in [0, 0.05) is 16.6 Å². The number of hydrogen-bond acceptors (Lipinski definition) is 6. The summed E-state index contributed by atoms with van der Waals surface area (Å²) in [5, 5.41) is 0. The molecule has 0 radical (unpaired) electrons. The molecule has 0 amide bonds. The average molecular weight is 534 g/mol. The normalized spacial score (nSPS) is 24.3. The van der Waals surface area contributed by atoms with Crippen molar-refractivity contribution in [3.8, 4) is 0 Å². The van der Waals surface area contributed by atoms with Crippen LogP contribution >= 0.6 is 34.6 Å². The van der Waals surface area contributed by atoms with E-state index in [1.165, 1.54) is 12.0 Å². The van der Waals surface area contributed by atoms with Gasteiger partial charge in [-0.2, -0.15) is 0 Å². The van der Waals surface area contributed by atoms with E-state index in [1.807, 2.05) is 57.4 Å². The third kappa shape index (κ3) is 7.54. The van der Waals surface area contributed by atoms with Crippen LogP contribution in [-0.2, 0) is 18.4 Å². The van der Waals surface area contributed by atoms with Crippen molar-refractivity contribution < 1.29 is 23.2 Å². The van der Waals surface area contributed by atoms with Gasteiger partial charge >= 0.3 is 5.97 Å². The Morgan fingerprint density at radius 1 is 1.24 bits per heavy atom. The zero-order chi connectivity index (χ0) is 21.4. The van der Waals surface area contributed by atoms with Crippen molar-refractivity contribution in [1.29, 1.82) is 0 Å². The summed E-state index contributed by atoms with van der Waals surface area (Å²) < 4.78 is 24.7. The minimum Gasteiger partial charge on any atom is -0.452 e. The minimum atomic E-state index is -0.715. The molecule has 1 saturated heterocycles. The van der Waals surface area contributed by atoms with Crippen molar-refractivity contribution in [1.82, 2.24) is 0 Å². The standard InChI is InChI=1S/C22H31IO5S/c1-15(16(2)28-29-5)11-12-18(25-21(24)17-9-7-6-8-10-17)20-19(13-14-23)26-22(3,4)27-20/h6-12,15-16,18-20H,13-14H2,1-5H3/b12-11-/t15-,16+,18?,19+,20-/m1/s1. The summed E-state index contributed by atoms with van der Waals surface area (Å²) in [7, 11) is 0. The summed E-state index contributed by atoms with van der Waals surface area (Å²) in [5.74, 6) is -0.936. The Hall–Kier alpha value is -0.610. The molecule has 5 nitrogen and oxygen atoms in total. The molecule has 1 aliphatic rings. The van der Waals surface area contributed by atoms with Crippen LogP contribution in [0.2, 0.25) is 0 Å². The highest BCUT2D eigenvalue weighted by Gasteiger charge is 2.45. The lowest BCUT2D eigenvalue weighted by Crippen LogP contribution is -2.38. The molecule has 0 aliphatic carbocycles. The molecular weight excluding hydrogens is 503 g/mol. The lowest BCUT2D eigenvalue weighted by molar-refractivity contribution is -0.153. The molecule has 1 fully saturated rings. The SMILES string of the molecule is CSO[C@@H](C)[C@H](C)/C=C\C(OC(=O)c1ccccc1)[C@H]1OC(C)(C)O[C@H]1CCI. The van der Waals surface area contributed by atoms with E-state index in [0.717, 1.165) is 10.8 Å². The maximum Gasteiger partial charge on any atom is 0.338 e. The average Bonchev–Trinajstić information content (AvgIpc) is 3.00. The number of alkyl halides is 1. The number of benzene rings is 1. The van der Waals surface area contributed by atoms with Gasteiger partial charge in [0.25, 0.3) is 0 Å². The number of esters is 1. The zero-order valence-electron chi connectivity index (χ0n) is 17.7. The van der Waals surface area contributed by atoms with Crippen LogP contribution in [0.5, 0.6) is 0 Å². The first-order valence-corrected chi connectivity index (χ1v) is 12.5. The van der Waals surface area contributed by atoms with E-state index < -0.39 is 11.9 Å². The Balaban J connectivity index is 2.23. The Morgan fingerprint density at radius 2 is 1.93 bits per heavy atom. The molecular formula is C22H31IO5S. The van der Waals surface area contributed by atoms with E-state index in [-0.39, 0.29) is 30.2 Å². The number of halogens is 1. The Morgan fingerprint density at radius 3 is 2.55 bits per heavy atom. The number of hydrogen-bond donors (Lipinski definition) is 0. The molecule has 1 unspecified atom stereocenters. The van der Waals surface area contributed by atoms with Crippen molar-refractivity contribution in [2.75, 3.05) is 10.7 Å². The van der Waals surface area contributed by atoms with Gasteiger partial charge in [-0.15, -0.1) is 0 Å². The quantitative estimate of drug-likeness (QED) is 0.131. The first kappa shape index (κ1) is 24.7. The van der Waals surface area contributed by atoms with Crippen LogP contribution in [0.15, 0.2) is 42.5 Å². The van der Waals surface area contributed by atoms with Gasteiger partial charge < -0.3 is 18.4 Å². The molecule has 0 saturated carbocycles. The van der Waals surface area contributed by atoms with Gasteiger partial charge in [-0.05, 0) is 57.4 Å². The summed E-state index contributed by atoms with van der Waals surface area (Å²) in [6, 6.07) is 9.01. The third-order valence-corrected chi connectivity index (χ3v) is 5.90. The van der Waals surface area contributed by atoms with Crippen LogP contribution in [0.25, 0.3) is 0 Å². The molecule has 29 heavy (non-hydrogen) atoms. The molecule has 1 aromatic carbocycles. The number of carbonyl (C=O) groups excluding carboxylic acids is 1. The maximum absolute atomic E-state index is 12.7. The van der Waals surface area contributed by atoms with Crippen LogP contribution in [-0.4, -0.2) is 46.9 Å². The van der Waals surface area contributed by atoms with Crippen LogP contribution < -0.4 is 0 Å². The van der Waals surface area contributed by atoms with Crippen molar-refractivity contribution >= 4 is 40.6 Å². The Labute approximate surface area is 192 Å². The topological polar surface area (TPSA) is 54.0 Å². The molecule has 0 bridgehead atoms. The second-order valence-corrected chi connectivity index (χ2v) is 9.17. The van der Waals surface area contributed by atoms with Crippen molar-refractivity contribution in [2.45, 2.75) is 64.3 Å². The Kier molecular flexibility index (Phi) is 9.94. The van der Waals surface area contributed by atoms with Crippen LogP contribution in [0.4, 0.5) is 0 Å². The van der Waals surface area contributed by atoms with Crippen molar-refractivity contribution in [3.05, 3.63) is 48.0 Å². The first-order chi connectivity index (χ1) is 13.8. The molecule has 0 aromatic heterocycles. The smallest absolute Gasteiger partial charge is 0.338 e. The predicted octanol–water partition coefficient (Wildman–Crippen LogP) is 5.43. The summed E-state index contributed by atoms with van der Waals surface area (Å²) in [4.78, 5) is 12.7. The van der Waals surface area contributed by atoms with Gasteiger partial charge in [0.2, 0.25) is 0 Å². The highest BCUT2D eigenvalue weighted by Crippen LogP contribution is 2.34. The molecule has 1 aromatic rings. The molecule has 162 valence electrons. The highest BCUT2D eigenvalue weighted by molar-refractivity contribution is 14.1. The van der Waals surface area contributed by atoms with Crippen LogP contribution in [0.3, 0.4) is 0 Å². The summed E-state index contributed by atoms with van der Waals surface area (Å²) in [6.07, 6.45) is 5.64. The van der Waals surface area contributed by atoms with E-state index in [1.54, 1.807) is 12.1 Å². The summed E-state index contributed by atoms with van der Waals surface area (Å²) >= 11 is 3.67. The second-order valence-electron chi connectivity index (χ2n) is 7.56. The molecule has 5 atom stereocenters. The van der Waals surface area contributed by atoms with E-state index in [4.69, 9.17) is 18.4 Å². The zero-order valence-corrected chi connectivity index (χ0v) is 20.6. The lowest BCUT2D eigenvalue weighted by atomic mass is 10.0. The van der Waals surface area contributed by atoms with E-state index in [0.29, 0.717) is 5.56 Å². The molecule has 0 spiro atoms. The molecule has 0 N–H and O–H groups in total. The van der Waals surface area contributed by atoms with E-state index in [2.05, 4.69) is 29.5 Å². The minimum absolute atomic E-state index is 0.0362. The maximum atomic E-state index is 12.7. The largest absolute Gasteiger partial charge is 0.452 e. The fourth-order valence-electron chi connectivity index (χ4n) is 3.13. The fourth-order valence-corrected chi connectivity index (χ4v) is 4.23. The molecule has 2 rings (SSSR count). The third-order valence-electron chi connectivity index (χ3n) is 4.78. The van der Waals surface area contributed by atoms with Gasteiger partial charge in [-0.3, -0.25) is 0 Å². The van der Waals surface area contributed by atoms with Crippen LogP contribution in [0, 0.1) is 5.92 Å². The number of rotatable bonds is 10. The number of ether oxygens (including phenoxy) is 3.